The lowest BCUT2D eigenvalue weighted by Crippen LogP contribution is -1.90. The Morgan fingerprint density at radius 1 is 0.654 bits per heavy atom. The summed E-state index contributed by atoms with van der Waals surface area (Å²) in [6, 6.07) is 27.4. The van der Waals surface area contributed by atoms with Gasteiger partial charge in [-0.25, -0.2) is 0 Å². The molecule has 3 aromatic rings. The van der Waals surface area contributed by atoms with Gasteiger partial charge in [-0.05, 0) is 33.4 Å². The number of benzene rings is 3. The molecule has 0 spiro atoms. The van der Waals surface area contributed by atoms with Crippen LogP contribution in [-0.2, 0) is 0 Å². The molecule has 0 bridgehead atoms. The van der Waals surface area contributed by atoms with E-state index >= 15 is 0 Å². The summed E-state index contributed by atoms with van der Waals surface area (Å²) in [6.07, 6.45) is 5.68. The van der Waals surface area contributed by atoms with Gasteiger partial charge in [0.15, 0.2) is 0 Å². The fourth-order valence-electron chi connectivity index (χ4n) is 2.95. The lowest BCUT2D eigenvalue weighted by atomic mass is 9.89. The van der Waals surface area contributed by atoms with Crippen molar-refractivity contribution in [1.82, 2.24) is 0 Å². The van der Waals surface area contributed by atoms with Gasteiger partial charge in [-0.2, -0.15) is 0 Å². The summed E-state index contributed by atoms with van der Waals surface area (Å²) >= 11 is 0. The molecule has 0 atom stereocenters. The zero-order chi connectivity index (χ0) is 18.8. The molecule has 26 heavy (non-hydrogen) atoms. The van der Waals surface area contributed by atoms with E-state index in [2.05, 4.69) is 86.0 Å². The fourth-order valence-corrected chi connectivity index (χ4v) is 2.95. The van der Waals surface area contributed by atoms with Gasteiger partial charge in [-0.15, -0.1) is 0 Å². The molecular weight excluding hydrogens is 312 g/mol. The number of rotatable bonds is 5. The first kappa shape index (κ1) is 19.2. The second kappa shape index (κ2) is 10.0. The molecule has 3 aromatic carbocycles. The van der Waals surface area contributed by atoms with Crippen molar-refractivity contribution < 1.29 is 0 Å². The van der Waals surface area contributed by atoms with Gasteiger partial charge in [0.1, 0.15) is 0 Å². The van der Waals surface area contributed by atoms with E-state index in [0.29, 0.717) is 0 Å². The zero-order valence-electron chi connectivity index (χ0n) is 15.7. The maximum Gasteiger partial charge on any atom is -0.00992 e. The summed E-state index contributed by atoms with van der Waals surface area (Å²) < 4.78 is 0. The Morgan fingerprint density at radius 2 is 1.19 bits per heavy atom. The third kappa shape index (κ3) is 4.29. The van der Waals surface area contributed by atoms with Crippen molar-refractivity contribution >= 4 is 5.57 Å². The van der Waals surface area contributed by atoms with Crippen LogP contribution in [0.3, 0.4) is 0 Å². The van der Waals surface area contributed by atoms with E-state index in [1.807, 2.05) is 32.1 Å². The molecule has 0 nitrogen and oxygen atoms in total. The minimum Gasteiger partial charge on any atom is -0.0990 e. The van der Waals surface area contributed by atoms with Gasteiger partial charge in [0.2, 0.25) is 0 Å². The largest absolute Gasteiger partial charge is 0.0990 e. The van der Waals surface area contributed by atoms with E-state index in [0.717, 1.165) is 11.1 Å². The minimum atomic E-state index is 1.07. The Balaban J connectivity index is 0.00000117. The van der Waals surface area contributed by atoms with Crippen LogP contribution in [0.4, 0.5) is 0 Å². The maximum atomic E-state index is 3.96. The lowest BCUT2D eigenvalue weighted by molar-refractivity contribution is 1.50. The number of allylic oxidation sites excluding steroid dienone is 4. The van der Waals surface area contributed by atoms with Gasteiger partial charge in [-0.1, -0.05) is 124 Å². The Hall–Kier alpha value is -3.12. The van der Waals surface area contributed by atoms with Gasteiger partial charge < -0.3 is 0 Å². The van der Waals surface area contributed by atoms with E-state index in [-0.39, 0.29) is 0 Å². The molecule has 0 aliphatic rings. The molecule has 0 aliphatic carbocycles. The molecule has 0 heteroatoms. The zero-order valence-corrected chi connectivity index (χ0v) is 15.7. The van der Waals surface area contributed by atoms with Gasteiger partial charge in [0, 0.05) is 0 Å². The second-order valence-corrected chi connectivity index (χ2v) is 5.52. The molecule has 0 unspecified atom stereocenters. The summed E-state index contributed by atoms with van der Waals surface area (Å²) in [5.41, 5.74) is 7.10. The molecule has 0 fully saturated rings. The lowest BCUT2D eigenvalue weighted by Gasteiger charge is -2.15. The van der Waals surface area contributed by atoms with Crippen LogP contribution >= 0.6 is 0 Å². The Bertz CT molecular complexity index is 883. The smallest absolute Gasteiger partial charge is 0.00992 e. The van der Waals surface area contributed by atoms with Crippen molar-refractivity contribution in [2.24, 2.45) is 0 Å². The summed E-state index contributed by atoms with van der Waals surface area (Å²) in [4.78, 5) is 0. The monoisotopic (exact) mass is 338 g/mol. The van der Waals surface area contributed by atoms with Gasteiger partial charge >= 0.3 is 0 Å². The van der Waals surface area contributed by atoms with Crippen LogP contribution in [0, 0.1) is 0 Å². The highest BCUT2D eigenvalue weighted by atomic mass is 14.1. The second-order valence-electron chi connectivity index (χ2n) is 5.52. The first-order valence-corrected chi connectivity index (χ1v) is 9.04. The highest BCUT2D eigenvalue weighted by Gasteiger charge is 2.11. The number of hydrogen-bond donors (Lipinski definition) is 0. The summed E-state index contributed by atoms with van der Waals surface area (Å²) in [7, 11) is 0. The predicted octanol–water partition coefficient (Wildman–Crippen LogP) is 7.80. The van der Waals surface area contributed by atoms with Crippen molar-refractivity contribution in [2.75, 3.05) is 0 Å². The van der Waals surface area contributed by atoms with Crippen LogP contribution in [0.2, 0.25) is 0 Å². The quantitative estimate of drug-likeness (QED) is 0.416. The molecule has 0 saturated carbocycles. The minimum absolute atomic E-state index is 1.07. The summed E-state index contributed by atoms with van der Waals surface area (Å²) in [5.74, 6) is 0. The standard InChI is InChI=1S/C24H20.C2H6/c1-3-12-19(4-2)21-15-8-10-17-23(21)24-18-11-9-16-22(24)20-13-6-5-7-14-20;1-2/h3-18H,1-2H2;1-2H3/b19-12+;. The molecule has 3 rings (SSSR count). The highest BCUT2D eigenvalue weighted by Crippen LogP contribution is 2.36. The van der Waals surface area contributed by atoms with E-state index in [4.69, 9.17) is 0 Å². The van der Waals surface area contributed by atoms with Gasteiger partial charge in [0.25, 0.3) is 0 Å². The normalized spacial score (nSPS) is 10.5. The Morgan fingerprint density at radius 3 is 1.81 bits per heavy atom. The van der Waals surface area contributed by atoms with Crippen LogP contribution in [0.25, 0.3) is 27.8 Å². The molecule has 0 aromatic heterocycles. The fraction of sp³-hybridized carbons (Fsp3) is 0.0769. The van der Waals surface area contributed by atoms with Gasteiger partial charge in [-0.3, -0.25) is 0 Å². The van der Waals surface area contributed by atoms with Crippen molar-refractivity contribution in [3.8, 4) is 22.3 Å². The average molecular weight is 338 g/mol. The molecular formula is C26H26. The molecule has 0 N–H and O–H groups in total. The maximum absolute atomic E-state index is 3.96. The van der Waals surface area contributed by atoms with Crippen molar-refractivity contribution in [1.29, 1.82) is 0 Å². The van der Waals surface area contributed by atoms with Crippen molar-refractivity contribution in [3.05, 3.63) is 116 Å². The molecule has 0 radical (unpaired) electrons. The Kier molecular flexibility index (Phi) is 7.39. The molecule has 130 valence electrons. The van der Waals surface area contributed by atoms with E-state index in [1.54, 1.807) is 6.08 Å². The van der Waals surface area contributed by atoms with Gasteiger partial charge in [0.05, 0.1) is 0 Å². The summed E-state index contributed by atoms with van der Waals surface area (Å²) in [5, 5.41) is 0. The molecule has 0 saturated heterocycles. The first-order valence-electron chi connectivity index (χ1n) is 9.04. The van der Waals surface area contributed by atoms with Crippen LogP contribution in [0.1, 0.15) is 19.4 Å². The topological polar surface area (TPSA) is 0 Å². The number of hydrogen-bond acceptors (Lipinski definition) is 0. The van der Waals surface area contributed by atoms with Crippen LogP contribution in [0.15, 0.2) is 110 Å². The molecule has 0 amide bonds. The molecule has 0 aliphatic heterocycles. The predicted molar refractivity (Wildman–Crippen MR) is 117 cm³/mol. The first-order chi connectivity index (χ1) is 12.8. The Labute approximate surface area is 157 Å². The van der Waals surface area contributed by atoms with Crippen LogP contribution in [0.5, 0.6) is 0 Å². The van der Waals surface area contributed by atoms with E-state index in [9.17, 15) is 0 Å². The molecule has 0 heterocycles. The van der Waals surface area contributed by atoms with E-state index in [1.165, 1.54) is 22.3 Å². The third-order valence-electron chi connectivity index (χ3n) is 4.06. The van der Waals surface area contributed by atoms with Crippen LogP contribution < -0.4 is 0 Å². The summed E-state index contributed by atoms with van der Waals surface area (Å²) in [6.45, 7) is 11.8. The van der Waals surface area contributed by atoms with E-state index < -0.39 is 0 Å². The van der Waals surface area contributed by atoms with Crippen LogP contribution in [-0.4, -0.2) is 0 Å². The third-order valence-corrected chi connectivity index (χ3v) is 4.06. The highest BCUT2D eigenvalue weighted by molar-refractivity contribution is 5.91. The van der Waals surface area contributed by atoms with Crippen molar-refractivity contribution in [2.45, 2.75) is 13.8 Å². The SMILES string of the molecule is C=C/C=C(\C=C)c1ccccc1-c1ccccc1-c1ccccc1.CC. The average Bonchev–Trinajstić information content (AvgIpc) is 2.74. The van der Waals surface area contributed by atoms with Crippen molar-refractivity contribution in [3.63, 3.8) is 0 Å².